The van der Waals surface area contributed by atoms with Crippen molar-refractivity contribution >= 4 is 5.91 Å². The van der Waals surface area contributed by atoms with Crippen LogP contribution in [0.3, 0.4) is 0 Å². The molecule has 5 nitrogen and oxygen atoms in total. The first-order valence-corrected chi connectivity index (χ1v) is 3.76. The van der Waals surface area contributed by atoms with Crippen LogP contribution in [0.15, 0.2) is 17.1 Å². The van der Waals surface area contributed by atoms with Crippen LogP contribution >= 0.6 is 0 Å². The Morgan fingerprint density at radius 2 is 2.29 bits per heavy atom. The molecule has 1 rings (SSSR count). The number of pyridine rings is 1. The summed E-state index contributed by atoms with van der Waals surface area (Å²) in [5.41, 5.74) is -0.949. The number of hydrogen-bond acceptors (Lipinski definition) is 3. The number of hydroxylamine groups is 2. The van der Waals surface area contributed by atoms with Crippen molar-refractivity contribution in [2.45, 2.75) is 0 Å². The summed E-state index contributed by atoms with van der Waals surface area (Å²) in [6, 6.07) is 0.858. The van der Waals surface area contributed by atoms with Gasteiger partial charge in [-0.25, -0.2) is 9.45 Å². The zero-order valence-electron chi connectivity index (χ0n) is 7.70. The molecule has 0 saturated carbocycles. The molecule has 6 heteroatoms. The van der Waals surface area contributed by atoms with Crippen molar-refractivity contribution in [3.63, 3.8) is 0 Å². The standard InChI is InChI=1S/C8H9FN2O3/c1-11(14-2)8(13)6-3-5(9)4-10-7(6)12/h3-4H,1-2H3,(H,10,12). The van der Waals surface area contributed by atoms with E-state index in [4.69, 9.17) is 0 Å². The highest BCUT2D eigenvalue weighted by molar-refractivity contribution is 5.92. The van der Waals surface area contributed by atoms with Gasteiger partial charge in [0.2, 0.25) is 0 Å². The Bertz CT molecular complexity index is 402. The second kappa shape index (κ2) is 4.01. The van der Waals surface area contributed by atoms with Crippen LogP contribution in [-0.2, 0) is 4.84 Å². The Kier molecular flexibility index (Phi) is 2.98. The van der Waals surface area contributed by atoms with Gasteiger partial charge in [-0.15, -0.1) is 0 Å². The zero-order chi connectivity index (χ0) is 10.7. The van der Waals surface area contributed by atoms with Gasteiger partial charge in [-0.3, -0.25) is 14.4 Å². The highest BCUT2D eigenvalue weighted by Crippen LogP contribution is 1.99. The lowest BCUT2D eigenvalue weighted by Crippen LogP contribution is -2.30. The number of aromatic amines is 1. The maximum absolute atomic E-state index is 12.7. The van der Waals surface area contributed by atoms with Crippen LogP contribution in [0.25, 0.3) is 0 Å². The molecular formula is C8H9FN2O3. The summed E-state index contributed by atoms with van der Waals surface area (Å²) in [5, 5.41) is 0.837. The minimum Gasteiger partial charge on any atom is -0.325 e. The monoisotopic (exact) mass is 200 g/mol. The molecule has 0 spiro atoms. The Morgan fingerprint density at radius 1 is 1.64 bits per heavy atom. The van der Waals surface area contributed by atoms with Crippen LogP contribution < -0.4 is 5.56 Å². The van der Waals surface area contributed by atoms with Gasteiger partial charge >= 0.3 is 0 Å². The largest absolute Gasteiger partial charge is 0.325 e. The van der Waals surface area contributed by atoms with E-state index < -0.39 is 17.3 Å². The average molecular weight is 200 g/mol. The summed E-state index contributed by atoms with van der Waals surface area (Å²) in [6.45, 7) is 0. The molecule has 0 radical (unpaired) electrons. The summed E-state index contributed by atoms with van der Waals surface area (Å²) in [6.07, 6.45) is 0.881. The van der Waals surface area contributed by atoms with Gasteiger partial charge < -0.3 is 4.98 Å². The SMILES string of the molecule is CON(C)C(=O)c1cc(F)c[nH]c1=O. The van der Waals surface area contributed by atoms with E-state index in [9.17, 15) is 14.0 Å². The van der Waals surface area contributed by atoms with E-state index in [0.29, 0.717) is 0 Å². The van der Waals surface area contributed by atoms with E-state index >= 15 is 0 Å². The molecule has 14 heavy (non-hydrogen) atoms. The molecule has 0 aromatic carbocycles. The number of nitrogens with zero attached hydrogens (tertiary/aromatic N) is 1. The zero-order valence-corrected chi connectivity index (χ0v) is 7.70. The number of H-pyrrole nitrogens is 1. The normalized spacial score (nSPS) is 9.93. The van der Waals surface area contributed by atoms with Gasteiger partial charge in [-0.05, 0) is 6.07 Å². The summed E-state index contributed by atoms with van der Waals surface area (Å²) in [4.78, 5) is 29.1. The highest BCUT2D eigenvalue weighted by atomic mass is 19.1. The molecule has 0 atom stereocenters. The maximum atomic E-state index is 12.7. The molecule has 1 aromatic heterocycles. The number of halogens is 1. The molecule has 0 aliphatic heterocycles. The van der Waals surface area contributed by atoms with Crippen molar-refractivity contribution in [1.29, 1.82) is 0 Å². The predicted octanol–water partition coefficient (Wildman–Crippen LogP) is 0.147. The Labute approximate surface area is 79.1 Å². The van der Waals surface area contributed by atoms with E-state index in [2.05, 4.69) is 9.82 Å². The smallest absolute Gasteiger partial charge is 0.282 e. The fourth-order valence-corrected chi connectivity index (χ4v) is 0.869. The molecular weight excluding hydrogens is 191 g/mol. The van der Waals surface area contributed by atoms with Crippen LogP contribution in [0, 0.1) is 5.82 Å². The minimum atomic E-state index is -0.701. The molecule has 0 unspecified atom stereocenters. The molecule has 0 aliphatic rings. The van der Waals surface area contributed by atoms with Crippen molar-refractivity contribution in [3.05, 3.63) is 34.0 Å². The molecule has 0 saturated heterocycles. The van der Waals surface area contributed by atoms with Crippen LogP contribution in [0.2, 0.25) is 0 Å². The maximum Gasteiger partial charge on any atom is 0.282 e. The van der Waals surface area contributed by atoms with Crippen molar-refractivity contribution in [1.82, 2.24) is 10.0 Å². The Balaban J connectivity index is 3.12. The van der Waals surface area contributed by atoms with Crippen molar-refractivity contribution in [2.75, 3.05) is 14.2 Å². The summed E-state index contributed by atoms with van der Waals surface area (Å²) in [5.74, 6) is -1.38. The number of nitrogens with one attached hydrogen (secondary N) is 1. The first kappa shape index (κ1) is 10.4. The number of rotatable bonds is 2. The third-order valence-electron chi connectivity index (χ3n) is 1.66. The second-order valence-corrected chi connectivity index (χ2v) is 2.55. The molecule has 0 aliphatic carbocycles. The lowest BCUT2D eigenvalue weighted by Gasteiger charge is -2.12. The van der Waals surface area contributed by atoms with Gasteiger partial charge in [0.1, 0.15) is 11.4 Å². The van der Waals surface area contributed by atoms with E-state index in [1.807, 2.05) is 0 Å². The molecule has 1 aromatic rings. The van der Waals surface area contributed by atoms with Crippen LogP contribution in [0.4, 0.5) is 4.39 Å². The summed E-state index contributed by atoms with van der Waals surface area (Å²) in [7, 11) is 2.60. The van der Waals surface area contributed by atoms with Gasteiger partial charge in [-0.2, -0.15) is 0 Å². The van der Waals surface area contributed by atoms with Crippen LogP contribution in [-0.4, -0.2) is 30.1 Å². The lowest BCUT2D eigenvalue weighted by atomic mass is 10.2. The molecule has 1 amide bonds. The van der Waals surface area contributed by atoms with Gasteiger partial charge in [-0.1, -0.05) is 0 Å². The quantitative estimate of drug-likeness (QED) is 0.691. The first-order chi connectivity index (χ1) is 6.56. The first-order valence-electron chi connectivity index (χ1n) is 3.76. The average Bonchev–Trinajstić information content (AvgIpc) is 2.19. The second-order valence-electron chi connectivity index (χ2n) is 2.55. The van der Waals surface area contributed by atoms with E-state index in [-0.39, 0.29) is 5.56 Å². The molecule has 76 valence electrons. The van der Waals surface area contributed by atoms with E-state index in [1.165, 1.54) is 14.2 Å². The van der Waals surface area contributed by atoms with E-state index in [0.717, 1.165) is 17.3 Å². The molecule has 1 N–H and O–H groups in total. The van der Waals surface area contributed by atoms with Crippen LogP contribution in [0.1, 0.15) is 10.4 Å². The summed E-state index contributed by atoms with van der Waals surface area (Å²) >= 11 is 0. The Hall–Kier alpha value is -1.69. The Morgan fingerprint density at radius 3 is 2.86 bits per heavy atom. The highest BCUT2D eigenvalue weighted by Gasteiger charge is 2.15. The fraction of sp³-hybridized carbons (Fsp3) is 0.250. The fourth-order valence-electron chi connectivity index (χ4n) is 0.869. The minimum absolute atomic E-state index is 0.297. The van der Waals surface area contributed by atoms with Crippen molar-refractivity contribution in [3.8, 4) is 0 Å². The topological polar surface area (TPSA) is 62.4 Å². The van der Waals surface area contributed by atoms with Gasteiger partial charge in [0, 0.05) is 13.2 Å². The van der Waals surface area contributed by atoms with Gasteiger partial charge in [0.15, 0.2) is 0 Å². The number of carbonyl (C=O) groups excluding carboxylic acids is 1. The van der Waals surface area contributed by atoms with Gasteiger partial charge in [0.05, 0.1) is 7.11 Å². The van der Waals surface area contributed by atoms with Crippen molar-refractivity contribution in [2.24, 2.45) is 0 Å². The summed E-state index contributed by atoms with van der Waals surface area (Å²) < 4.78 is 12.7. The number of aromatic nitrogens is 1. The van der Waals surface area contributed by atoms with E-state index in [1.54, 1.807) is 0 Å². The third-order valence-corrected chi connectivity index (χ3v) is 1.66. The molecule has 0 bridgehead atoms. The predicted molar refractivity (Wildman–Crippen MR) is 46.1 cm³/mol. The third kappa shape index (κ3) is 1.97. The molecule has 0 fully saturated rings. The number of carbonyl (C=O) groups is 1. The number of amides is 1. The number of hydrogen-bond donors (Lipinski definition) is 1. The van der Waals surface area contributed by atoms with Crippen molar-refractivity contribution < 1.29 is 14.0 Å². The lowest BCUT2D eigenvalue weighted by molar-refractivity contribution is -0.0758. The van der Waals surface area contributed by atoms with Crippen LogP contribution in [0.5, 0.6) is 0 Å². The molecule has 1 heterocycles. The van der Waals surface area contributed by atoms with Gasteiger partial charge in [0.25, 0.3) is 11.5 Å².